The molecule has 0 unspecified atom stereocenters. The number of likely N-dealkylation sites (N-methyl/N-ethyl adjacent to an activating group) is 1. The van der Waals surface area contributed by atoms with Crippen LogP contribution in [0.2, 0.25) is 0 Å². The zero-order chi connectivity index (χ0) is 25.4. The molecular weight excluding hydrogens is 463 g/mol. The van der Waals surface area contributed by atoms with E-state index in [9.17, 15) is 18.0 Å². The van der Waals surface area contributed by atoms with Gasteiger partial charge >= 0.3 is 12.3 Å². The summed E-state index contributed by atoms with van der Waals surface area (Å²) in [5.74, 6) is 5.50. The van der Waals surface area contributed by atoms with Crippen LogP contribution in [0.15, 0.2) is 48.2 Å². The summed E-state index contributed by atoms with van der Waals surface area (Å²) < 4.78 is 52.1. The Labute approximate surface area is 202 Å². The van der Waals surface area contributed by atoms with E-state index in [-0.39, 0.29) is 42.1 Å². The van der Waals surface area contributed by atoms with Crippen LogP contribution < -0.4 is 21.6 Å². The predicted octanol–water partition coefficient (Wildman–Crippen LogP) is 4.17. The number of pyridine rings is 1. The van der Waals surface area contributed by atoms with Crippen molar-refractivity contribution in [3.05, 3.63) is 65.1 Å². The molecule has 190 valence electrons. The third-order valence-electron chi connectivity index (χ3n) is 5.60. The van der Waals surface area contributed by atoms with Gasteiger partial charge < -0.3 is 25.5 Å². The van der Waals surface area contributed by atoms with Crippen molar-refractivity contribution in [3.63, 3.8) is 0 Å². The first-order valence-corrected chi connectivity index (χ1v) is 11.3. The fourth-order valence-corrected chi connectivity index (χ4v) is 3.74. The van der Waals surface area contributed by atoms with Crippen LogP contribution >= 0.6 is 0 Å². The largest absolute Gasteiger partial charge is 0.488 e. The molecule has 0 spiro atoms. The number of alkyl halides is 3. The number of hydrogen-bond acceptors (Lipinski definition) is 7. The van der Waals surface area contributed by atoms with Crippen molar-refractivity contribution in [2.75, 3.05) is 13.6 Å². The highest BCUT2D eigenvalue weighted by Crippen LogP contribution is 2.37. The number of carbonyl (C=O) groups is 1. The molecule has 5 N–H and O–H groups in total. The Hall–Kier alpha value is -3.47. The van der Waals surface area contributed by atoms with E-state index < -0.39 is 18.0 Å². The molecule has 0 radical (unpaired) electrons. The lowest BCUT2D eigenvalue weighted by atomic mass is 9.98. The highest BCUT2D eigenvalue weighted by Gasteiger charge is 2.38. The predicted molar refractivity (Wildman–Crippen MR) is 124 cm³/mol. The van der Waals surface area contributed by atoms with Gasteiger partial charge in [0, 0.05) is 7.05 Å². The van der Waals surface area contributed by atoms with E-state index in [0.717, 1.165) is 29.8 Å². The van der Waals surface area contributed by atoms with Gasteiger partial charge in [-0.2, -0.15) is 13.2 Å². The van der Waals surface area contributed by atoms with E-state index in [1.165, 1.54) is 19.2 Å². The van der Waals surface area contributed by atoms with E-state index in [2.05, 4.69) is 10.3 Å². The summed E-state index contributed by atoms with van der Waals surface area (Å²) >= 11 is 0. The van der Waals surface area contributed by atoms with Crippen molar-refractivity contribution >= 4 is 11.8 Å². The number of carbonyl (C=O) groups excluding carboxylic acids is 1. The van der Waals surface area contributed by atoms with Crippen molar-refractivity contribution in [2.45, 2.75) is 51.0 Å². The molecule has 1 saturated carbocycles. The number of aromatic nitrogens is 1. The number of nitrogens with one attached hydrogen (secondary N) is 1. The van der Waals surface area contributed by atoms with E-state index >= 15 is 0 Å². The maximum Gasteiger partial charge on any atom is 0.437 e. The maximum atomic E-state index is 13.8. The summed E-state index contributed by atoms with van der Waals surface area (Å²) in [6.07, 6.45) is -1.46. The number of hydrazine groups is 1. The first kappa shape index (κ1) is 26.1. The van der Waals surface area contributed by atoms with Crippen LogP contribution in [-0.2, 0) is 17.5 Å². The Kier molecular flexibility index (Phi) is 8.80. The number of nitrogens with two attached hydrogens (primary N) is 2. The lowest BCUT2D eigenvalue weighted by molar-refractivity contribution is -0.143. The van der Waals surface area contributed by atoms with Gasteiger partial charge in [-0.1, -0.05) is 36.8 Å². The Balaban J connectivity index is 1.75. The molecule has 0 aliphatic heterocycles. The second-order valence-electron chi connectivity index (χ2n) is 8.31. The Morgan fingerprint density at radius 1 is 1.14 bits per heavy atom. The zero-order valence-corrected chi connectivity index (χ0v) is 19.5. The third-order valence-corrected chi connectivity index (χ3v) is 5.60. The number of halogens is 3. The maximum absolute atomic E-state index is 13.8. The smallest absolute Gasteiger partial charge is 0.437 e. The number of nitrogens with zero attached hydrogens (tertiary/aromatic N) is 2. The normalized spacial score (nSPS) is 15.2. The van der Waals surface area contributed by atoms with Gasteiger partial charge in [-0.05, 0) is 43.4 Å². The van der Waals surface area contributed by atoms with E-state index in [1.807, 2.05) is 18.2 Å². The first-order chi connectivity index (χ1) is 16.6. The molecule has 1 aliphatic carbocycles. The highest BCUT2D eigenvalue weighted by molar-refractivity contribution is 5.69. The van der Waals surface area contributed by atoms with Crippen molar-refractivity contribution in [1.82, 2.24) is 15.3 Å². The summed E-state index contributed by atoms with van der Waals surface area (Å²) in [6, 6.07) is 11.6. The topological polar surface area (TPSA) is 116 Å². The second-order valence-corrected chi connectivity index (χ2v) is 8.31. The minimum atomic E-state index is -4.74. The van der Waals surface area contributed by atoms with Gasteiger partial charge in [0.15, 0.2) is 11.4 Å². The van der Waals surface area contributed by atoms with Gasteiger partial charge in [-0.25, -0.2) is 15.6 Å². The van der Waals surface area contributed by atoms with Gasteiger partial charge in [0.25, 0.3) is 0 Å². The average Bonchev–Trinajstić information content (AvgIpc) is 2.83. The monoisotopic (exact) mass is 493 g/mol. The molecule has 3 rings (SSSR count). The average molecular weight is 494 g/mol. The third kappa shape index (κ3) is 7.51. The number of ether oxygens (including phenoxy) is 2. The molecule has 0 bridgehead atoms. The standard InChI is InChI=1S/C24H30F3N5O3/c1-32(29)19(14-30-23(33)34-15-16-8-4-2-5-9-16)21(28)18-12-13-20(22(31-18)24(25,26)27)35-17-10-6-3-7-11-17/h2,4-5,8-9,12-13,17H,3,6-7,10-11,14-15,28-29H2,1H3,(H,30,33)/b21-19-. The summed E-state index contributed by atoms with van der Waals surface area (Å²) in [4.78, 5) is 15.8. The quantitative estimate of drug-likeness (QED) is 0.373. The molecule has 0 atom stereocenters. The summed E-state index contributed by atoms with van der Waals surface area (Å²) in [5.41, 5.74) is 5.68. The molecule has 8 nitrogen and oxygen atoms in total. The number of hydrogen-bond donors (Lipinski definition) is 3. The van der Waals surface area contributed by atoms with Crippen LogP contribution in [0.1, 0.15) is 49.1 Å². The molecule has 1 heterocycles. The SMILES string of the molecule is CN(N)/C(CNC(=O)OCc1ccccc1)=C(\N)c1ccc(OC2CCCCC2)c(C(F)(F)F)n1. The molecule has 1 aromatic carbocycles. The van der Waals surface area contributed by atoms with E-state index in [4.69, 9.17) is 21.1 Å². The van der Waals surface area contributed by atoms with Crippen LogP contribution in [0.3, 0.4) is 0 Å². The van der Waals surface area contributed by atoms with Crippen LogP contribution in [0.4, 0.5) is 18.0 Å². The number of amides is 1. The van der Waals surface area contributed by atoms with Gasteiger partial charge in [-0.15, -0.1) is 0 Å². The lowest BCUT2D eigenvalue weighted by Crippen LogP contribution is -2.36. The molecule has 1 fully saturated rings. The number of benzene rings is 1. The van der Waals surface area contributed by atoms with Crippen LogP contribution in [0, 0.1) is 0 Å². The summed E-state index contributed by atoms with van der Waals surface area (Å²) in [7, 11) is 1.45. The second kappa shape index (κ2) is 11.8. The highest BCUT2D eigenvalue weighted by atomic mass is 19.4. The van der Waals surface area contributed by atoms with Crippen LogP contribution in [-0.4, -0.2) is 35.8 Å². The number of alkyl carbamates (subject to hydrolysis) is 1. The molecule has 1 aliphatic rings. The van der Waals surface area contributed by atoms with E-state index in [0.29, 0.717) is 12.8 Å². The minimum absolute atomic E-state index is 0.0542. The van der Waals surface area contributed by atoms with Crippen molar-refractivity contribution in [1.29, 1.82) is 0 Å². The van der Waals surface area contributed by atoms with Gasteiger partial charge in [0.2, 0.25) is 0 Å². The van der Waals surface area contributed by atoms with Crippen molar-refractivity contribution in [2.24, 2.45) is 11.6 Å². The molecule has 2 aromatic rings. The molecule has 1 aromatic heterocycles. The Morgan fingerprint density at radius 2 is 1.83 bits per heavy atom. The van der Waals surface area contributed by atoms with Crippen molar-refractivity contribution < 1.29 is 27.4 Å². The molecular formula is C24H30F3N5O3. The molecule has 35 heavy (non-hydrogen) atoms. The molecule has 11 heteroatoms. The Morgan fingerprint density at radius 3 is 2.46 bits per heavy atom. The summed E-state index contributed by atoms with van der Waals surface area (Å²) in [6.45, 7) is -0.131. The van der Waals surface area contributed by atoms with Gasteiger partial charge in [-0.3, -0.25) is 0 Å². The Bertz CT molecular complexity index is 1020. The lowest BCUT2D eigenvalue weighted by Gasteiger charge is -2.25. The number of rotatable bonds is 8. The van der Waals surface area contributed by atoms with Gasteiger partial charge in [0.05, 0.1) is 29.7 Å². The molecule has 0 saturated heterocycles. The van der Waals surface area contributed by atoms with Crippen LogP contribution in [0.25, 0.3) is 5.70 Å². The van der Waals surface area contributed by atoms with E-state index in [1.54, 1.807) is 12.1 Å². The zero-order valence-electron chi connectivity index (χ0n) is 19.5. The van der Waals surface area contributed by atoms with Crippen molar-refractivity contribution in [3.8, 4) is 5.75 Å². The fourth-order valence-electron chi connectivity index (χ4n) is 3.74. The first-order valence-electron chi connectivity index (χ1n) is 11.3. The molecule has 1 amide bonds. The summed E-state index contributed by atoms with van der Waals surface area (Å²) in [5, 5.41) is 3.61. The van der Waals surface area contributed by atoms with Gasteiger partial charge in [0.1, 0.15) is 6.61 Å². The fraction of sp³-hybridized carbons (Fsp3) is 0.417. The minimum Gasteiger partial charge on any atom is -0.488 e. The van der Waals surface area contributed by atoms with Crippen LogP contribution in [0.5, 0.6) is 5.75 Å².